The lowest BCUT2D eigenvalue weighted by Gasteiger charge is -2.15. The number of anilines is 1. The molecular weight excluding hydrogens is 274 g/mol. The lowest BCUT2D eigenvalue weighted by molar-refractivity contribution is 0.0601. The first-order valence-electron chi connectivity index (χ1n) is 6.41. The first kappa shape index (κ1) is 15.0. The number of aliphatic hydroxyl groups is 2. The largest absolute Gasteiger partial charge is 0.465 e. The lowest BCUT2D eigenvalue weighted by atomic mass is 10.1. The van der Waals surface area contributed by atoms with Crippen molar-refractivity contribution in [3.63, 3.8) is 0 Å². The molecule has 1 aromatic carbocycles. The summed E-state index contributed by atoms with van der Waals surface area (Å²) < 4.78 is 6.32. The van der Waals surface area contributed by atoms with Crippen molar-refractivity contribution >= 4 is 11.7 Å². The zero-order chi connectivity index (χ0) is 15.2. The third kappa shape index (κ3) is 3.59. The van der Waals surface area contributed by atoms with Crippen LogP contribution in [0, 0.1) is 0 Å². The number of nitrogens with zero attached hydrogens (tertiary/aromatic N) is 2. The molecule has 7 nitrogen and oxygen atoms in total. The van der Waals surface area contributed by atoms with Gasteiger partial charge in [0, 0.05) is 18.9 Å². The van der Waals surface area contributed by atoms with Crippen LogP contribution >= 0.6 is 0 Å². The van der Waals surface area contributed by atoms with E-state index in [4.69, 9.17) is 9.84 Å². The van der Waals surface area contributed by atoms with Gasteiger partial charge in [-0.2, -0.15) is 5.10 Å². The third-order valence-electron chi connectivity index (χ3n) is 2.91. The molecule has 3 N–H and O–H groups in total. The highest BCUT2D eigenvalue weighted by atomic mass is 16.5. The summed E-state index contributed by atoms with van der Waals surface area (Å²) in [5, 5.41) is 25.4. The van der Waals surface area contributed by atoms with Gasteiger partial charge in [0.25, 0.3) is 0 Å². The van der Waals surface area contributed by atoms with Crippen LogP contribution in [0.1, 0.15) is 10.4 Å². The molecule has 7 heteroatoms. The number of aromatic nitrogens is 2. The quantitative estimate of drug-likeness (QED) is 0.668. The van der Waals surface area contributed by atoms with E-state index in [2.05, 4.69) is 10.4 Å². The molecule has 0 fully saturated rings. The highest BCUT2D eigenvalue weighted by Crippen LogP contribution is 2.22. The molecule has 1 heterocycles. The van der Waals surface area contributed by atoms with Crippen molar-refractivity contribution in [3.8, 4) is 5.69 Å². The maximum Gasteiger partial charge on any atom is 0.337 e. The summed E-state index contributed by atoms with van der Waals surface area (Å²) in [7, 11) is 1.31. The number of ether oxygens (including phenoxy) is 1. The van der Waals surface area contributed by atoms with Crippen molar-refractivity contribution in [2.75, 3.05) is 25.6 Å². The first-order valence-corrected chi connectivity index (χ1v) is 6.41. The fourth-order valence-corrected chi connectivity index (χ4v) is 1.83. The monoisotopic (exact) mass is 291 g/mol. The predicted molar refractivity (Wildman–Crippen MR) is 76.5 cm³/mol. The van der Waals surface area contributed by atoms with Gasteiger partial charge in [0.05, 0.1) is 36.8 Å². The minimum Gasteiger partial charge on any atom is -0.465 e. The minimum absolute atomic E-state index is 0.148. The molecule has 0 amide bonds. The van der Waals surface area contributed by atoms with Crippen LogP contribution in [-0.2, 0) is 4.74 Å². The summed E-state index contributed by atoms with van der Waals surface area (Å²) in [4.78, 5) is 11.6. The summed E-state index contributed by atoms with van der Waals surface area (Å²) in [5.41, 5.74) is 1.71. The van der Waals surface area contributed by atoms with Gasteiger partial charge >= 0.3 is 5.97 Å². The molecule has 1 unspecified atom stereocenters. The maximum absolute atomic E-state index is 11.6. The van der Waals surface area contributed by atoms with E-state index in [0.29, 0.717) is 11.3 Å². The van der Waals surface area contributed by atoms with Crippen LogP contribution in [-0.4, -0.2) is 52.3 Å². The summed E-state index contributed by atoms with van der Waals surface area (Å²) in [6.45, 7) is -0.198. The summed E-state index contributed by atoms with van der Waals surface area (Å²) in [6, 6.07) is 6.76. The SMILES string of the molecule is COC(=O)c1ccc(-n2cccn2)c(NCC(O)CO)c1. The second-order valence-electron chi connectivity index (χ2n) is 4.39. The molecule has 0 aliphatic heterocycles. The van der Waals surface area contributed by atoms with Crippen molar-refractivity contribution in [2.45, 2.75) is 6.10 Å². The molecule has 0 saturated heterocycles. The van der Waals surface area contributed by atoms with Crippen molar-refractivity contribution in [2.24, 2.45) is 0 Å². The van der Waals surface area contributed by atoms with Gasteiger partial charge in [0.1, 0.15) is 0 Å². The van der Waals surface area contributed by atoms with Crippen LogP contribution in [0.4, 0.5) is 5.69 Å². The Morgan fingerprint density at radius 2 is 2.33 bits per heavy atom. The fraction of sp³-hybridized carbons (Fsp3) is 0.286. The molecular formula is C14H17N3O4. The molecule has 112 valence electrons. The second-order valence-corrected chi connectivity index (χ2v) is 4.39. The Labute approximate surface area is 121 Å². The van der Waals surface area contributed by atoms with Crippen LogP contribution < -0.4 is 5.32 Å². The molecule has 21 heavy (non-hydrogen) atoms. The van der Waals surface area contributed by atoms with Crippen molar-refractivity contribution in [3.05, 3.63) is 42.2 Å². The Kier molecular flexibility index (Phi) is 4.91. The van der Waals surface area contributed by atoms with E-state index in [0.717, 1.165) is 5.69 Å². The summed E-state index contributed by atoms with van der Waals surface area (Å²) >= 11 is 0. The lowest BCUT2D eigenvalue weighted by Crippen LogP contribution is -2.23. The smallest absolute Gasteiger partial charge is 0.337 e. The van der Waals surface area contributed by atoms with Crippen LogP contribution in [0.15, 0.2) is 36.7 Å². The van der Waals surface area contributed by atoms with Crippen LogP contribution in [0.3, 0.4) is 0 Å². The fourth-order valence-electron chi connectivity index (χ4n) is 1.83. The van der Waals surface area contributed by atoms with E-state index >= 15 is 0 Å². The summed E-state index contributed by atoms with van der Waals surface area (Å²) in [6.07, 6.45) is 2.51. The molecule has 0 aliphatic carbocycles. The maximum atomic E-state index is 11.6. The van der Waals surface area contributed by atoms with E-state index in [9.17, 15) is 9.90 Å². The van der Waals surface area contributed by atoms with Gasteiger partial charge in [-0.15, -0.1) is 0 Å². The number of benzene rings is 1. The molecule has 2 aromatic rings. The topological polar surface area (TPSA) is 96.6 Å². The Balaban J connectivity index is 2.33. The minimum atomic E-state index is -0.891. The molecule has 1 atom stereocenters. The number of nitrogens with one attached hydrogen (secondary N) is 1. The Morgan fingerprint density at radius 1 is 1.52 bits per heavy atom. The summed E-state index contributed by atoms with van der Waals surface area (Å²) in [5.74, 6) is -0.451. The molecule has 0 aliphatic rings. The van der Waals surface area contributed by atoms with Gasteiger partial charge in [0.15, 0.2) is 0 Å². The van der Waals surface area contributed by atoms with Gasteiger partial charge in [-0.1, -0.05) is 0 Å². The van der Waals surface area contributed by atoms with Crippen LogP contribution in [0.2, 0.25) is 0 Å². The standard InChI is InChI=1S/C14H17N3O4/c1-21-14(20)10-3-4-13(17-6-2-5-16-17)12(7-10)15-8-11(19)9-18/h2-7,11,15,18-19H,8-9H2,1H3. The predicted octanol–water partition coefficient (Wildman–Crippen LogP) is 0.424. The Bertz CT molecular complexity index is 598. The van der Waals surface area contributed by atoms with Crippen molar-refractivity contribution in [1.29, 1.82) is 0 Å². The van der Waals surface area contributed by atoms with Gasteiger partial charge in [-0.05, 0) is 24.3 Å². The van der Waals surface area contributed by atoms with E-state index < -0.39 is 12.1 Å². The number of hydrogen-bond donors (Lipinski definition) is 3. The molecule has 1 aromatic heterocycles. The average Bonchev–Trinajstić information content (AvgIpc) is 3.05. The van der Waals surface area contributed by atoms with Gasteiger partial charge in [-0.25, -0.2) is 9.48 Å². The second kappa shape index (κ2) is 6.87. The van der Waals surface area contributed by atoms with Gasteiger partial charge in [0.2, 0.25) is 0 Å². The number of carbonyl (C=O) groups is 1. The van der Waals surface area contributed by atoms with E-state index in [1.165, 1.54) is 7.11 Å². The number of hydrogen-bond acceptors (Lipinski definition) is 6. The number of esters is 1. The number of rotatable bonds is 6. The molecule has 0 spiro atoms. The molecule has 2 rings (SSSR count). The van der Waals surface area contributed by atoms with E-state index in [1.54, 1.807) is 41.3 Å². The van der Waals surface area contributed by atoms with E-state index in [1.807, 2.05) is 0 Å². The Morgan fingerprint density at radius 3 is 2.95 bits per heavy atom. The van der Waals surface area contributed by atoms with Gasteiger partial charge in [-0.3, -0.25) is 0 Å². The van der Waals surface area contributed by atoms with Crippen LogP contribution in [0.5, 0.6) is 0 Å². The Hall–Kier alpha value is -2.38. The van der Waals surface area contributed by atoms with Crippen molar-refractivity contribution in [1.82, 2.24) is 9.78 Å². The number of methoxy groups -OCH3 is 1. The highest BCUT2D eigenvalue weighted by Gasteiger charge is 2.12. The molecule has 0 bridgehead atoms. The molecule has 0 saturated carbocycles. The van der Waals surface area contributed by atoms with Gasteiger partial charge < -0.3 is 20.3 Å². The highest BCUT2D eigenvalue weighted by molar-refractivity contribution is 5.91. The zero-order valence-corrected chi connectivity index (χ0v) is 11.6. The average molecular weight is 291 g/mol. The van der Waals surface area contributed by atoms with Crippen LogP contribution in [0.25, 0.3) is 5.69 Å². The molecule has 0 radical (unpaired) electrons. The zero-order valence-electron chi connectivity index (χ0n) is 11.6. The number of carbonyl (C=O) groups excluding carboxylic acids is 1. The number of aliphatic hydroxyl groups excluding tert-OH is 2. The first-order chi connectivity index (χ1) is 10.2. The third-order valence-corrected chi connectivity index (χ3v) is 2.91. The van der Waals surface area contributed by atoms with Crippen molar-refractivity contribution < 1.29 is 19.7 Å². The normalized spacial score (nSPS) is 12.0. The van der Waals surface area contributed by atoms with E-state index in [-0.39, 0.29) is 13.2 Å².